The quantitative estimate of drug-likeness (QED) is 0.943. The number of amides is 1. The van der Waals surface area contributed by atoms with Crippen molar-refractivity contribution in [3.05, 3.63) is 41.5 Å². The number of hydrogen-bond acceptors (Lipinski definition) is 4. The number of ether oxygens (including phenoxy) is 1. The lowest BCUT2D eigenvalue weighted by atomic mass is 9.85. The van der Waals surface area contributed by atoms with Crippen LogP contribution in [0.1, 0.15) is 43.6 Å². The van der Waals surface area contributed by atoms with Gasteiger partial charge in [-0.25, -0.2) is 13.9 Å². The summed E-state index contributed by atoms with van der Waals surface area (Å²) in [7, 11) is 0. The minimum absolute atomic E-state index is 0.0286. The number of hydrogen-bond donors (Lipinski definition) is 1. The number of fused-ring (bicyclic) bond motifs is 1. The lowest BCUT2D eigenvalue weighted by molar-refractivity contribution is 0.167. The van der Waals surface area contributed by atoms with E-state index in [1.165, 1.54) is 6.07 Å². The van der Waals surface area contributed by atoms with Crippen molar-refractivity contribution in [2.24, 2.45) is 0 Å². The standard InChI is InChI=1S/C16H19FN4O2/c1-3-23-16(22)19-15-18-14-9-8-11(10(2)21(14)20-15)12-6-4-5-7-13(12)17/h4-7,10-11H,3,8-9H2,1-2H3,(H,19,20,22). The maximum atomic E-state index is 14.1. The Morgan fingerprint density at radius 3 is 3.00 bits per heavy atom. The monoisotopic (exact) mass is 318 g/mol. The second-order valence-corrected chi connectivity index (χ2v) is 5.55. The van der Waals surface area contributed by atoms with Crippen LogP contribution in [-0.4, -0.2) is 27.5 Å². The van der Waals surface area contributed by atoms with E-state index >= 15 is 0 Å². The fourth-order valence-corrected chi connectivity index (χ4v) is 3.05. The zero-order valence-corrected chi connectivity index (χ0v) is 13.1. The van der Waals surface area contributed by atoms with Gasteiger partial charge in [0, 0.05) is 12.3 Å². The second-order valence-electron chi connectivity index (χ2n) is 5.55. The summed E-state index contributed by atoms with van der Waals surface area (Å²) in [6.45, 7) is 4.00. The van der Waals surface area contributed by atoms with Crippen molar-refractivity contribution in [1.82, 2.24) is 14.8 Å². The number of nitrogens with one attached hydrogen (secondary N) is 1. The third-order valence-corrected chi connectivity index (χ3v) is 4.14. The summed E-state index contributed by atoms with van der Waals surface area (Å²) >= 11 is 0. The highest BCUT2D eigenvalue weighted by molar-refractivity contribution is 5.82. The van der Waals surface area contributed by atoms with Crippen LogP contribution in [0.3, 0.4) is 0 Å². The number of anilines is 1. The third kappa shape index (κ3) is 3.04. The van der Waals surface area contributed by atoms with E-state index in [1.807, 2.05) is 19.1 Å². The summed E-state index contributed by atoms with van der Waals surface area (Å²) in [5.74, 6) is 0.843. The van der Waals surface area contributed by atoms with Crippen LogP contribution in [0.25, 0.3) is 0 Å². The van der Waals surface area contributed by atoms with Crippen LogP contribution in [0.2, 0.25) is 0 Å². The van der Waals surface area contributed by atoms with Gasteiger partial charge in [-0.2, -0.15) is 4.98 Å². The molecule has 3 rings (SSSR count). The summed E-state index contributed by atoms with van der Waals surface area (Å²) in [5.41, 5.74) is 0.695. The van der Waals surface area contributed by atoms with Crippen LogP contribution in [0.5, 0.6) is 0 Å². The topological polar surface area (TPSA) is 69.0 Å². The molecule has 2 atom stereocenters. The van der Waals surface area contributed by atoms with Gasteiger partial charge in [0.05, 0.1) is 12.6 Å². The fourth-order valence-electron chi connectivity index (χ4n) is 3.05. The van der Waals surface area contributed by atoms with Crippen LogP contribution in [0, 0.1) is 5.82 Å². The summed E-state index contributed by atoms with van der Waals surface area (Å²) in [6, 6.07) is 6.79. The van der Waals surface area contributed by atoms with Gasteiger partial charge in [0.1, 0.15) is 11.6 Å². The van der Waals surface area contributed by atoms with Crippen LogP contribution in [-0.2, 0) is 11.2 Å². The van der Waals surface area contributed by atoms with Crippen molar-refractivity contribution in [1.29, 1.82) is 0 Å². The van der Waals surface area contributed by atoms with E-state index < -0.39 is 6.09 Å². The first-order valence-electron chi connectivity index (χ1n) is 7.73. The summed E-state index contributed by atoms with van der Waals surface area (Å²) in [4.78, 5) is 15.8. The summed E-state index contributed by atoms with van der Waals surface area (Å²) in [5, 5.41) is 6.84. The Morgan fingerprint density at radius 2 is 2.26 bits per heavy atom. The highest BCUT2D eigenvalue weighted by Crippen LogP contribution is 2.38. The number of aromatic nitrogens is 3. The Labute approximate surface area is 133 Å². The molecule has 0 bridgehead atoms. The zero-order valence-electron chi connectivity index (χ0n) is 13.1. The third-order valence-electron chi connectivity index (χ3n) is 4.14. The Balaban J connectivity index is 1.83. The predicted octanol–water partition coefficient (Wildman–Crippen LogP) is 3.28. The van der Waals surface area contributed by atoms with Gasteiger partial charge < -0.3 is 4.74 Å². The van der Waals surface area contributed by atoms with E-state index in [0.717, 1.165) is 12.2 Å². The van der Waals surface area contributed by atoms with Crippen LogP contribution in [0.4, 0.5) is 15.1 Å². The molecule has 2 unspecified atom stereocenters. The molecule has 23 heavy (non-hydrogen) atoms. The van der Waals surface area contributed by atoms with Gasteiger partial charge in [0.25, 0.3) is 5.95 Å². The second kappa shape index (κ2) is 6.36. The molecule has 0 fully saturated rings. The molecule has 0 radical (unpaired) electrons. The average Bonchev–Trinajstić information content (AvgIpc) is 2.92. The van der Waals surface area contributed by atoms with Crippen LogP contribution < -0.4 is 5.32 Å². The molecule has 6 nitrogen and oxygen atoms in total. The van der Waals surface area contributed by atoms with Crippen molar-refractivity contribution in [3.63, 3.8) is 0 Å². The summed E-state index contributed by atoms with van der Waals surface area (Å²) in [6.07, 6.45) is 0.897. The van der Waals surface area contributed by atoms with Crippen molar-refractivity contribution in [2.75, 3.05) is 11.9 Å². The first-order valence-corrected chi connectivity index (χ1v) is 7.73. The van der Waals surface area contributed by atoms with Crippen LogP contribution >= 0.6 is 0 Å². The minimum atomic E-state index is -0.575. The largest absolute Gasteiger partial charge is 0.450 e. The SMILES string of the molecule is CCOC(=O)Nc1nc2n(n1)C(C)C(c1ccccc1F)CC2. The molecule has 0 saturated heterocycles. The Bertz CT molecular complexity index is 716. The molecule has 0 saturated carbocycles. The van der Waals surface area contributed by atoms with Crippen molar-refractivity contribution < 1.29 is 13.9 Å². The van der Waals surface area contributed by atoms with Gasteiger partial charge in [0.15, 0.2) is 0 Å². The van der Waals surface area contributed by atoms with Crippen molar-refractivity contribution >= 4 is 12.0 Å². The zero-order chi connectivity index (χ0) is 16.4. The molecule has 1 aliphatic heterocycles. The number of carbonyl (C=O) groups is 1. The maximum absolute atomic E-state index is 14.1. The predicted molar refractivity (Wildman–Crippen MR) is 82.8 cm³/mol. The Morgan fingerprint density at radius 1 is 1.48 bits per heavy atom. The highest BCUT2D eigenvalue weighted by Gasteiger charge is 2.31. The number of halogens is 1. The molecule has 0 spiro atoms. The molecule has 0 aliphatic carbocycles. The molecular weight excluding hydrogens is 299 g/mol. The van der Waals surface area contributed by atoms with Gasteiger partial charge in [-0.1, -0.05) is 18.2 Å². The molecule has 7 heteroatoms. The van der Waals surface area contributed by atoms with E-state index in [4.69, 9.17) is 4.74 Å². The minimum Gasteiger partial charge on any atom is -0.450 e. The molecular formula is C16H19FN4O2. The van der Waals surface area contributed by atoms with E-state index in [9.17, 15) is 9.18 Å². The molecule has 122 valence electrons. The number of benzene rings is 1. The molecule has 1 aliphatic rings. The molecule has 1 N–H and O–H groups in total. The smallest absolute Gasteiger partial charge is 0.414 e. The van der Waals surface area contributed by atoms with Gasteiger partial charge in [-0.15, -0.1) is 5.10 Å². The number of nitrogens with zero attached hydrogens (tertiary/aromatic N) is 3. The van der Waals surface area contributed by atoms with Crippen molar-refractivity contribution in [2.45, 2.75) is 38.6 Å². The molecule has 2 aromatic rings. The van der Waals surface area contributed by atoms with Gasteiger partial charge in [0.2, 0.25) is 0 Å². The first-order chi connectivity index (χ1) is 11.1. The Hall–Kier alpha value is -2.44. The fraction of sp³-hybridized carbons (Fsp3) is 0.438. The van der Waals surface area contributed by atoms with E-state index in [2.05, 4.69) is 15.4 Å². The lowest BCUT2D eigenvalue weighted by Crippen LogP contribution is -2.25. The maximum Gasteiger partial charge on any atom is 0.414 e. The number of carbonyl (C=O) groups excluding carboxylic acids is 1. The molecule has 1 aromatic carbocycles. The normalized spacial score (nSPS) is 20.0. The molecule has 1 aromatic heterocycles. The average molecular weight is 318 g/mol. The van der Waals surface area contributed by atoms with Crippen molar-refractivity contribution in [3.8, 4) is 0 Å². The van der Waals surface area contributed by atoms with E-state index in [-0.39, 0.29) is 30.3 Å². The Kier molecular flexibility index (Phi) is 4.27. The van der Waals surface area contributed by atoms with E-state index in [0.29, 0.717) is 12.0 Å². The highest BCUT2D eigenvalue weighted by atomic mass is 19.1. The van der Waals surface area contributed by atoms with Crippen LogP contribution in [0.15, 0.2) is 24.3 Å². The van der Waals surface area contributed by atoms with Gasteiger partial charge in [-0.05, 0) is 31.9 Å². The first kappa shape index (κ1) is 15.5. The lowest BCUT2D eigenvalue weighted by Gasteiger charge is -2.29. The molecule has 2 heterocycles. The van der Waals surface area contributed by atoms with Gasteiger partial charge in [-0.3, -0.25) is 5.32 Å². The van der Waals surface area contributed by atoms with E-state index in [1.54, 1.807) is 17.7 Å². The number of rotatable bonds is 3. The number of aryl methyl sites for hydroxylation is 1. The summed E-state index contributed by atoms with van der Waals surface area (Å²) < 4.78 is 20.7. The van der Waals surface area contributed by atoms with Gasteiger partial charge >= 0.3 is 6.09 Å². The molecule has 1 amide bonds.